The van der Waals surface area contributed by atoms with E-state index in [9.17, 15) is 13.2 Å². The Morgan fingerprint density at radius 2 is 1.39 bits per heavy atom. The molecule has 0 aromatic heterocycles. The maximum Gasteiger partial charge on any atom is 0.389 e. The van der Waals surface area contributed by atoms with Crippen molar-refractivity contribution in [1.29, 1.82) is 0 Å². The molecule has 0 saturated carbocycles. The molecule has 0 aliphatic rings. The number of benzene rings is 2. The van der Waals surface area contributed by atoms with Crippen molar-refractivity contribution in [3.05, 3.63) is 59.4 Å². The first kappa shape index (κ1) is 17.7. The maximum atomic E-state index is 13.8. The van der Waals surface area contributed by atoms with Crippen molar-refractivity contribution >= 4 is 9.28 Å². The molecule has 0 aliphatic carbocycles. The van der Waals surface area contributed by atoms with E-state index in [4.69, 9.17) is 8.85 Å². The highest BCUT2D eigenvalue weighted by atomic mass is 28.3. The summed E-state index contributed by atoms with van der Waals surface area (Å²) < 4.78 is 51.2. The first-order chi connectivity index (χ1) is 11.0. The summed E-state index contributed by atoms with van der Waals surface area (Å²) in [6.07, 6.45) is 0. The zero-order chi connectivity index (χ0) is 16.8. The van der Waals surface area contributed by atoms with Gasteiger partial charge in [-0.25, -0.2) is 13.2 Å². The fourth-order valence-electron chi connectivity index (χ4n) is 2.18. The standard InChI is InChI=1S/C17H18F3O2Si/c1-3-21-23(22-4-2)11-12-5-7-13(8-6-12)14-9-16(19)17(20)10-15(14)18/h5-10H,3-4,11H2,1-2H3. The Morgan fingerprint density at radius 3 is 1.96 bits per heavy atom. The van der Waals surface area contributed by atoms with E-state index in [-0.39, 0.29) is 5.56 Å². The van der Waals surface area contributed by atoms with Crippen LogP contribution in [-0.4, -0.2) is 22.5 Å². The first-order valence-corrected chi connectivity index (χ1v) is 8.92. The molecule has 0 bridgehead atoms. The molecular formula is C17H18F3O2Si. The highest BCUT2D eigenvalue weighted by molar-refractivity contribution is 6.43. The van der Waals surface area contributed by atoms with E-state index >= 15 is 0 Å². The van der Waals surface area contributed by atoms with Gasteiger partial charge in [0.1, 0.15) is 5.82 Å². The Hall–Kier alpha value is -1.63. The highest BCUT2D eigenvalue weighted by Gasteiger charge is 2.16. The van der Waals surface area contributed by atoms with Gasteiger partial charge < -0.3 is 8.85 Å². The minimum absolute atomic E-state index is 0.0376. The monoisotopic (exact) mass is 339 g/mol. The second kappa shape index (κ2) is 8.28. The summed E-state index contributed by atoms with van der Waals surface area (Å²) in [5, 5.41) is 0. The van der Waals surface area contributed by atoms with E-state index in [2.05, 4.69) is 0 Å². The maximum absolute atomic E-state index is 13.8. The molecule has 0 N–H and O–H groups in total. The number of rotatable bonds is 7. The summed E-state index contributed by atoms with van der Waals surface area (Å²) >= 11 is 0. The Morgan fingerprint density at radius 1 is 0.826 bits per heavy atom. The molecule has 2 aromatic carbocycles. The molecule has 0 aliphatic heterocycles. The van der Waals surface area contributed by atoms with Crippen molar-refractivity contribution in [2.45, 2.75) is 19.9 Å². The van der Waals surface area contributed by atoms with Crippen LogP contribution in [-0.2, 0) is 14.9 Å². The van der Waals surface area contributed by atoms with Crippen molar-refractivity contribution in [1.82, 2.24) is 0 Å². The van der Waals surface area contributed by atoms with Gasteiger partial charge in [0.15, 0.2) is 11.6 Å². The highest BCUT2D eigenvalue weighted by Crippen LogP contribution is 2.25. The predicted octanol–water partition coefficient (Wildman–Crippen LogP) is 4.41. The van der Waals surface area contributed by atoms with Crippen LogP contribution in [0.2, 0.25) is 0 Å². The lowest BCUT2D eigenvalue weighted by Gasteiger charge is -2.13. The molecule has 2 rings (SSSR count). The molecule has 0 spiro atoms. The Bertz CT molecular complexity index is 641. The Labute approximate surface area is 135 Å². The third kappa shape index (κ3) is 4.67. The van der Waals surface area contributed by atoms with Crippen LogP contribution in [0.25, 0.3) is 11.1 Å². The summed E-state index contributed by atoms with van der Waals surface area (Å²) in [6.45, 7) is 5.01. The Kier molecular flexibility index (Phi) is 6.38. The summed E-state index contributed by atoms with van der Waals surface area (Å²) in [5.41, 5.74) is 1.52. The van der Waals surface area contributed by atoms with Gasteiger partial charge >= 0.3 is 9.28 Å². The van der Waals surface area contributed by atoms with Crippen LogP contribution >= 0.6 is 0 Å². The molecule has 0 atom stereocenters. The molecule has 0 saturated heterocycles. The largest absolute Gasteiger partial charge is 0.393 e. The molecule has 2 nitrogen and oxygen atoms in total. The molecule has 6 heteroatoms. The number of halogens is 3. The van der Waals surface area contributed by atoms with Crippen molar-refractivity contribution < 1.29 is 22.0 Å². The van der Waals surface area contributed by atoms with Crippen LogP contribution in [0.3, 0.4) is 0 Å². The summed E-state index contributed by atoms with van der Waals surface area (Å²) in [4.78, 5) is 0. The van der Waals surface area contributed by atoms with Gasteiger partial charge in [-0.1, -0.05) is 24.3 Å². The van der Waals surface area contributed by atoms with Crippen molar-refractivity contribution in [2.24, 2.45) is 0 Å². The second-order valence-corrected chi connectivity index (χ2v) is 6.53. The van der Waals surface area contributed by atoms with Crippen LogP contribution in [0.5, 0.6) is 0 Å². The van der Waals surface area contributed by atoms with Crippen molar-refractivity contribution in [2.75, 3.05) is 13.2 Å². The third-order valence-corrected chi connectivity index (χ3v) is 5.15. The van der Waals surface area contributed by atoms with E-state index in [1.807, 2.05) is 26.0 Å². The van der Waals surface area contributed by atoms with Crippen molar-refractivity contribution in [3.8, 4) is 11.1 Å². The smallest absolute Gasteiger partial charge is 0.389 e. The van der Waals surface area contributed by atoms with Gasteiger partial charge in [0, 0.05) is 30.9 Å². The predicted molar refractivity (Wildman–Crippen MR) is 84.5 cm³/mol. The summed E-state index contributed by atoms with van der Waals surface area (Å²) in [6, 6.07) is 9.09. The van der Waals surface area contributed by atoms with Gasteiger partial charge in [-0.3, -0.25) is 0 Å². The van der Waals surface area contributed by atoms with Gasteiger partial charge in [-0.15, -0.1) is 0 Å². The number of hydrogen-bond acceptors (Lipinski definition) is 2. The van der Waals surface area contributed by atoms with Gasteiger partial charge in [0.25, 0.3) is 0 Å². The molecule has 0 unspecified atom stereocenters. The molecule has 1 radical (unpaired) electrons. The zero-order valence-corrected chi connectivity index (χ0v) is 14.0. The first-order valence-electron chi connectivity index (χ1n) is 7.40. The van der Waals surface area contributed by atoms with Crippen molar-refractivity contribution in [3.63, 3.8) is 0 Å². The fraction of sp³-hybridized carbons (Fsp3) is 0.294. The van der Waals surface area contributed by atoms with Crippen LogP contribution in [0.1, 0.15) is 19.4 Å². The van der Waals surface area contributed by atoms with E-state index in [1.54, 1.807) is 12.1 Å². The van der Waals surface area contributed by atoms with Crippen LogP contribution in [0.4, 0.5) is 13.2 Å². The average molecular weight is 339 g/mol. The average Bonchev–Trinajstić information content (AvgIpc) is 2.52. The summed E-state index contributed by atoms with van der Waals surface area (Å²) in [7, 11) is -1.38. The molecule has 0 amide bonds. The minimum Gasteiger partial charge on any atom is -0.393 e. The molecule has 2 aromatic rings. The lowest BCUT2D eigenvalue weighted by atomic mass is 10.0. The molecule has 0 fully saturated rings. The van der Waals surface area contributed by atoms with Gasteiger partial charge in [0.05, 0.1) is 0 Å². The SMILES string of the molecule is CCO[Si](Cc1ccc(-c2cc(F)c(F)cc2F)cc1)OCC. The van der Waals surface area contributed by atoms with Crippen LogP contribution in [0, 0.1) is 17.5 Å². The third-order valence-electron chi connectivity index (χ3n) is 3.23. The normalized spacial score (nSPS) is 11.2. The van der Waals surface area contributed by atoms with Gasteiger partial charge in [-0.2, -0.15) is 0 Å². The summed E-state index contributed by atoms with van der Waals surface area (Å²) in [5.74, 6) is -3.04. The molecular weight excluding hydrogens is 321 g/mol. The topological polar surface area (TPSA) is 18.5 Å². The minimum atomic E-state index is -1.38. The van der Waals surface area contributed by atoms with E-state index < -0.39 is 26.7 Å². The zero-order valence-electron chi connectivity index (χ0n) is 13.0. The van der Waals surface area contributed by atoms with E-state index in [0.717, 1.165) is 11.6 Å². The lowest BCUT2D eigenvalue weighted by molar-refractivity contribution is 0.213. The second-order valence-electron chi connectivity index (χ2n) is 4.86. The molecule has 23 heavy (non-hydrogen) atoms. The van der Waals surface area contributed by atoms with Crippen LogP contribution in [0.15, 0.2) is 36.4 Å². The molecule has 123 valence electrons. The van der Waals surface area contributed by atoms with Gasteiger partial charge in [0.2, 0.25) is 0 Å². The van der Waals surface area contributed by atoms with E-state index in [1.165, 1.54) is 0 Å². The Balaban J connectivity index is 2.17. The molecule has 0 heterocycles. The lowest BCUT2D eigenvalue weighted by Crippen LogP contribution is -2.26. The van der Waals surface area contributed by atoms with Gasteiger partial charge in [-0.05, 0) is 31.0 Å². The van der Waals surface area contributed by atoms with E-state index in [0.29, 0.717) is 30.9 Å². The fourth-order valence-corrected chi connectivity index (χ4v) is 3.68. The number of hydrogen-bond donors (Lipinski definition) is 0. The van der Waals surface area contributed by atoms with Crippen LogP contribution < -0.4 is 0 Å². The quantitative estimate of drug-likeness (QED) is 0.549.